The minimum atomic E-state index is -0.719. The zero-order chi connectivity index (χ0) is 16.4. The molecule has 0 amide bonds. The highest BCUT2D eigenvalue weighted by molar-refractivity contribution is 5.76. The maximum Gasteiger partial charge on any atom is 0.323 e. The number of hydrogen-bond donors (Lipinski definition) is 1. The molecule has 1 aromatic carbocycles. The molecular weight excluding hydrogens is 290 g/mol. The number of pyridine rings is 1. The molecule has 0 saturated carbocycles. The Balaban J connectivity index is 2.14. The van der Waals surface area contributed by atoms with Gasteiger partial charge in [-0.15, -0.1) is 0 Å². The Kier molecular flexibility index (Phi) is 4.12. The van der Waals surface area contributed by atoms with Gasteiger partial charge in [-0.05, 0) is 24.6 Å². The molecule has 0 aliphatic carbocycles. The second-order valence-electron chi connectivity index (χ2n) is 5.54. The molecule has 3 rings (SSSR count). The summed E-state index contributed by atoms with van der Waals surface area (Å²) in [5.41, 5.74) is 10.7. The molecule has 23 heavy (non-hydrogen) atoms. The molecule has 0 radical (unpaired) electrons. The van der Waals surface area contributed by atoms with E-state index in [4.69, 9.17) is 15.5 Å². The van der Waals surface area contributed by atoms with Crippen molar-refractivity contribution >= 4 is 11.6 Å². The van der Waals surface area contributed by atoms with E-state index in [1.807, 2.05) is 60.0 Å². The van der Waals surface area contributed by atoms with Crippen molar-refractivity contribution in [3.63, 3.8) is 0 Å². The molecule has 118 valence electrons. The lowest BCUT2D eigenvalue weighted by atomic mass is 10.1. The van der Waals surface area contributed by atoms with Gasteiger partial charge >= 0.3 is 5.97 Å². The molecule has 0 spiro atoms. The molecule has 0 saturated heterocycles. The second kappa shape index (κ2) is 6.22. The summed E-state index contributed by atoms with van der Waals surface area (Å²) in [7, 11) is 1.35. The number of methoxy groups -OCH3 is 1. The number of nitrogens with zero attached hydrogens (tertiary/aromatic N) is 2. The van der Waals surface area contributed by atoms with Gasteiger partial charge in [0.15, 0.2) is 0 Å². The molecule has 1 atom stereocenters. The first-order chi connectivity index (χ1) is 11.1. The summed E-state index contributed by atoms with van der Waals surface area (Å²) in [4.78, 5) is 16.4. The molecule has 0 fully saturated rings. The third-order valence-electron chi connectivity index (χ3n) is 3.85. The Morgan fingerprint density at radius 3 is 2.74 bits per heavy atom. The Bertz CT molecular complexity index is 840. The summed E-state index contributed by atoms with van der Waals surface area (Å²) < 4.78 is 6.73. The average molecular weight is 309 g/mol. The molecular formula is C18H19N3O2. The molecule has 5 nitrogen and oxygen atoms in total. The first-order valence-corrected chi connectivity index (χ1v) is 7.46. The SMILES string of the molecule is COC(=O)C(N)Cc1c(-c2ccccc2)nc2cc(C)ccn12. The number of carbonyl (C=O) groups excluding carboxylic acids is 1. The quantitative estimate of drug-likeness (QED) is 0.751. The highest BCUT2D eigenvalue weighted by atomic mass is 16.5. The van der Waals surface area contributed by atoms with Crippen molar-refractivity contribution < 1.29 is 9.53 Å². The van der Waals surface area contributed by atoms with Gasteiger partial charge in [-0.2, -0.15) is 0 Å². The van der Waals surface area contributed by atoms with Crippen LogP contribution < -0.4 is 5.73 Å². The predicted octanol–water partition coefficient (Wildman–Crippen LogP) is 2.35. The average Bonchev–Trinajstić information content (AvgIpc) is 2.92. The topological polar surface area (TPSA) is 69.6 Å². The number of carbonyl (C=O) groups is 1. The van der Waals surface area contributed by atoms with Gasteiger partial charge in [0.1, 0.15) is 11.7 Å². The van der Waals surface area contributed by atoms with Crippen molar-refractivity contribution in [1.82, 2.24) is 9.38 Å². The van der Waals surface area contributed by atoms with E-state index < -0.39 is 12.0 Å². The molecule has 0 bridgehead atoms. The fraction of sp³-hybridized carbons (Fsp3) is 0.222. The Morgan fingerprint density at radius 1 is 1.30 bits per heavy atom. The maximum absolute atomic E-state index is 11.7. The first kappa shape index (κ1) is 15.2. The van der Waals surface area contributed by atoms with E-state index in [0.717, 1.165) is 28.2 Å². The molecule has 1 unspecified atom stereocenters. The Hall–Kier alpha value is -2.66. The smallest absolute Gasteiger partial charge is 0.323 e. The second-order valence-corrected chi connectivity index (χ2v) is 5.54. The monoisotopic (exact) mass is 309 g/mol. The molecule has 2 N–H and O–H groups in total. The summed E-state index contributed by atoms with van der Waals surface area (Å²) in [5.74, 6) is -0.425. The van der Waals surface area contributed by atoms with Gasteiger partial charge in [0.25, 0.3) is 0 Å². The summed E-state index contributed by atoms with van der Waals surface area (Å²) >= 11 is 0. The van der Waals surface area contributed by atoms with Gasteiger partial charge in [0, 0.05) is 18.2 Å². The summed E-state index contributed by atoms with van der Waals surface area (Å²) in [6, 6.07) is 13.2. The van der Waals surface area contributed by atoms with Crippen molar-refractivity contribution in [3.8, 4) is 11.3 Å². The third-order valence-corrected chi connectivity index (χ3v) is 3.85. The van der Waals surface area contributed by atoms with Crippen LogP contribution in [0.5, 0.6) is 0 Å². The van der Waals surface area contributed by atoms with E-state index >= 15 is 0 Å². The standard InChI is InChI=1S/C18H19N3O2/c1-12-8-9-21-15(11-14(19)18(22)23-2)17(20-16(21)10-12)13-6-4-3-5-7-13/h3-10,14H,11,19H2,1-2H3. The molecule has 2 aromatic heterocycles. The number of fused-ring (bicyclic) bond motifs is 1. The number of esters is 1. The third kappa shape index (κ3) is 2.96. The molecule has 0 aliphatic heterocycles. The van der Waals surface area contributed by atoms with Crippen LogP contribution in [0.3, 0.4) is 0 Å². The van der Waals surface area contributed by atoms with E-state index in [2.05, 4.69) is 0 Å². The number of aryl methyl sites for hydroxylation is 1. The highest BCUT2D eigenvalue weighted by Crippen LogP contribution is 2.25. The molecule has 3 aromatic rings. The normalized spacial score (nSPS) is 12.3. The number of benzene rings is 1. The minimum Gasteiger partial charge on any atom is -0.468 e. The number of aromatic nitrogens is 2. The van der Waals surface area contributed by atoms with E-state index in [9.17, 15) is 4.79 Å². The van der Waals surface area contributed by atoms with Crippen LogP contribution in [-0.2, 0) is 16.0 Å². The lowest BCUT2D eigenvalue weighted by molar-refractivity contribution is -0.142. The van der Waals surface area contributed by atoms with Crippen LogP contribution in [0.15, 0.2) is 48.7 Å². The van der Waals surface area contributed by atoms with Crippen LogP contribution in [0, 0.1) is 6.92 Å². The van der Waals surface area contributed by atoms with Crippen LogP contribution in [0.4, 0.5) is 0 Å². The van der Waals surface area contributed by atoms with Gasteiger partial charge in [-0.3, -0.25) is 4.79 Å². The zero-order valence-corrected chi connectivity index (χ0v) is 13.2. The summed E-state index contributed by atoms with van der Waals surface area (Å²) in [6.45, 7) is 2.02. The van der Waals surface area contributed by atoms with Gasteiger partial charge in [0.05, 0.1) is 18.5 Å². The first-order valence-electron chi connectivity index (χ1n) is 7.46. The van der Waals surface area contributed by atoms with Crippen LogP contribution in [0.1, 0.15) is 11.3 Å². The van der Waals surface area contributed by atoms with Gasteiger partial charge in [0.2, 0.25) is 0 Å². The fourth-order valence-electron chi connectivity index (χ4n) is 2.66. The predicted molar refractivity (Wildman–Crippen MR) is 89.1 cm³/mol. The minimum absolute atomic E-state index is 0.362. The maximum atomic E-state index is 11.7. The largest absolute Gasteiger partial charge is 0.468 e. The van der Waals surface area contributed by atoms with Crippen molar-refractivity contribution in [1.29, 1.82) is 0 Å². The van der Waals surface area contributed by atoms with Crippen LogP contribution in [0.2, 0.25) is 0 Å². The Morgan fingerprint density at radius 2 is 2.04 bits per heavy atom. The van der Waals surface area contributed by atoms with Gasteiger partial charge in [-0.1, -0.05) is 30.3 Å². The highest BCUT2D eigenvalue weighted by Gasteiger charge is 2.21. The van der Waals surface area contributed by atoms with Crippen molar-refractivity contribution in [2.45, 2.75) is 19.4 Å². The molecule has 2 heterocycles. The lowest BCUT2D eigenvalue weighted by Gasteiger charge is -2.11. The number of nitrogens with two attached hydrogens (primary N) is 1. The van der Waals surface area contributed by atoms with Crippen molar-refractivity contribution in [2.24, 2.45) is 5.73 Å². The van der Waals surface area contributed by atoms with E-state index in [-0.39, 0.29) is 0 Å². The fourth-order valence-corrected chi connectivity index (χ4v) is 2.66. The molecule has 5 heteroatoms. The zero-order valence-electron chi connectivity index (χ0n) is 13.2. The summed E-state index contributed by atoms with van der Waals surface area (Å²) in [5, 5.41) is 0. The number of hydrogen-bond acceptors (Lipinski definition) is 4. The Labute approximate surface area is 134 Å². The van der Waals surface area contributed by atoms with Crippen molar-refractivity contribution in [2.75, 3.05) is 7.11 Å². The van der Waals surface area contributed by atoms with E-state index in [1.165, 1.54) is 7.11 Å². The van der Waals surface area contributed by atoms with Crippen LogP contribution >= 0.6 is 0 Å². The van der Waals surface area contributed by atoms with Crippen molar-refractivity contribution in [3.05, 3.63) is 59.9 Å². The van der Waals surface area contributed by atoms with E-state index in [1.54, 1.807) is 0 Å². The molecule has 0 aliphatic rings. The van der Waals surface area contributed by atoms with Crippen LogP contribution in [0.25, 0.3) is 16.9 Å². The number of imidazole rings is 1. The van der Waals surface area contributed by atoms with Gasteiger partial charge < -0.3 is 14.9 Å². The van der Waals surface area contributed by atoms with E-state index in [0.29, 0.717) is 6.42 Å². The number of ether oxygens (including phenoxy) is 1. The lowest BCUT2D eigenvalue weighted by Crippen LogP contribution is -2.34. The number of rotatable bonds is 4. The van der Waals surface area contributed by atoms with Crippen LogP contribution in [-0.4, -0.2) is 28.5 Å². The van der Waals surface area contributed by atoms with Gasteiger partial charge in [-0.25, -0.2) is 4.98 Å². The summed E-state index contributed by atoms with van der Waals surface area (Å²) in [6.07, 6.45) is 2.32.